The van der Waals surface area contributed by atoms with Crippen LogP contribution < -0.4 is 0 Å². The summed E-state index contributed by atoms with van der Waals surface area (Å²) in [5.74, 6) is -0.341. The van der Waals surface area contributed by atoms with Crippen molar-refractivity contribution in [3.63, 3.8) is 0 Å². The minimum atomic E-state index is -4.32. The van der Waals surface area contributed by atoms with Crippen LogP contribution >= 0.6 is 11.8 Å². The Balaban J connectivity index is 0.000000677. The van der Waals surface area contributed by atoms with Gasteiger partial charge in [0.05, 0.1) is 5.56 Å². The third-order valence-electron chi connectivity index (χ3n) is 2.23. The van der Waals surface area contributed by atoms with E-state index in [9.17, 15) is 26.3 Å². The lowest BCUT2D eigenvalue weighted by Gasteiger charge is -2.07. The highest BCUT2D eigenvalue weighted by molar-refractivity contribution is 7.99. The van der Waals surface area contributed by atoms with Crippen LogP contribution in [0.3, 0.4) is 0 Å². The number of hydrogen-bond donors (Lipinski definition) is 0. The number of halogens is 6. The molecule has 0 N–H and O–H groups in total. The van der Waals surface area contributed by atoms with E-state index in [4.69, 9.17) is 0 Å². The molecule has 0 unspecified atom stereocenters. The van der Waals surface area contributed by atoms with Crippen molar-refractivity contribution >= 4 is 11.8 Å². The van der Waals surface area contributed by atoms with E-state index in [0.717, 1.165) is 17.0 Å². The summed E-state index contributed by atoms with van der Waals surface area (Å²) < 4.78 is 69.0. The minimum absolute atomic E-state index is 0.341. The maximum absolute atomic E-state index is 12.7. The van der Waals surface area contributed by atoms with Crippen LogP contribution in [0.2, 0.25) is 0 Å². The van der Waals surface area contributed by atoms with Gasteiger partial charge < -0.3 is 0 Å². The molecule has 0 radical (unpaired) electrons. The normalized spacial score (nSPS) is 10.8. The van der Waals surface area contributed by atoms with Crippen LogP contribution in [0.5, 0.6) is 0 Å². The third-order valence-corrected chi connectivity index (χ3v) is 3.25. The van der Waals surface area contributed by atoms with E-state index in [1.807, 2.05) is 0 Å². The summed E-state index contributed by atoms with van der Waals surface area (Å²) in [5.41, 5.74) is -0.675. The Morgan fingerprint density at radius 3 is 1.52 bits per heavy atom. The van der Waals surface area contributed by atoms with Gasteiger partial charge in [-0.15, -0.1) is 0 Å². The number of benzene rings is 2. The fourth-order valence-electron chi connectivity index (χ4n) is 1.35. The average Bonchev–Trinajstić information content (AvgIpc) is 2.42. The summed E-state index contributed by atoms with van der Waals surface area (Å²) in [5, 5.41) is 0. The summed E-state index contributed by atoms with van der Waals surface area (Å²) >= 11 is 1.28. The highest BCUT2D eigenvalue weighted by atomic mass is 32.2. The molecule has 0 nitrogen and oxygen atoms in total. The lowest BCUT2D eigenvalue weighted by atomic mass is 10.2. The number of hydrogen-bond acceptors (Lipinski definition) is 1. The highest BCUT2D eigenvalue weighted by Gasteiger charge is 2.29. The van der Waals surface area contributed by atoms with Crippen LogP contribution in [0.4, 0.5) is 26.3 Å². The second kappa shape index (κ2) is 7.97. The van der Waals surface area contributed by atoms with Gasteiger partial charge in [-0.2, -0.15) is 13.2 Å². The first-order valence-corrected chi connectivity index (χ1v) is 6.41. The Bertz CT molecular complexity index is 533. The molecular formula is C14H10F6S. The lowest BCUT2D eigenvalue weighted by Crippen LogP contribution is -2.03. The topological polar surface area (TPSA) is 0 Å². The minimum Gasteiger partial charge on any atom is -0.214 e. The zero-order valence-corrected chi connectivity index (χ0v) is 11.3. The molecule has 0 saturated heterocycles. The van der Waals surface area contributed by atoms with Gasteiger partial charge in [0.1, 0.15) is 5.82 Å². The molecule has 0 aromatic heterocycles. The van der Waals surface area contributed by atoms with Crippen LogP contribution in [0.1, 0.15) is 5.56 Å². The lowest BCUT2D eigenvalue weighted by molar-refractivity contribution is -0.137. The quantitative estimate of drug-likeness (QED) is 0.622. The summed E-state index contributed by atoms with van der Waals surface area (Å²) in [4.78, 5) is 1.45. The molecule has 0 saturated carbocycles. The standard InChI is InChI=1S/C13H8F4S.CH2F2/c14-10-3-7-12(8-4-10)18-11-5-1-9(2-6-11)13(15,16)17;2-1-3/h1-8H;1H2. The zero-order chi connectivity index (χ0) is 15.9. The molecule has 0 amide bonds. The van der Waals surface area contributed by atoms with Crippen molar-refractivity contribution in [2.75, 3.05) is 6.93 Å². The summed E-state index contributed by atoms with van der Waals surface area (Å²) in [6, 6.07) is 10.7. The van der Waals surface area contributed by atoms with Crippen LogP contribution in [0, 0.1) is 5.82 Å². The molecule has 0 spiro atoms. The zero-order valence-electron chi connectivity index (χ0n) is 10.5. The van der Waals surface area contributed by atoms with Crippen LogP contribution in [-0.2, 0) is 6.18 Å². The predicted molar refractivity (Wildman–Crippen MR) is 69.1 cm³/mol. The van der Waals surface area contributed by atoms with Crippen molar-refractivity contribution in [2.24, 2.45) is 0 Å². The first-order chi connectivity index (χ1) is 9.86. The van der Waals surface area contributed by atoms with Crippen LogP contribution in [-0.4, -0.2) is 6.93 Å². The molecule has 2 aromatic rings. The van der Waals surface area contributed by atoms with Crippen molar-refractivity contribution in [2.45, 2.75) is 16.0 Å². The van der Waals surface area contributed by atoms with Gasteiger partial charge in [-0.25, -0.2) is 13.2 Å². The predicted octanol–water partition coefficient (Wildman–Crippen LogP) is 5.88. The molecule has 0 aliphatic rings. The molecule has 0 aliphatic heterocycles. The molecule has 0 bridgehead atoms. The van der Waals surface area contributed by atoms with E-state index < -0.39 is 18.7 Å². The Kier molecular flexibility index (Phi) is 6.61. The van der Waals surface area contributed by atoms with Gasteiger partial charge in [-0.1, -0.05) is 11.8 Å². The molecule has 0 aliphatic carbocycles. The molecule has 0 fully saturated rings. The van der Waals surface area contributed by atoms with Gasteiger partial charge in [0, 0.05) is 9.79 Å². The number of alkyl halides is 5. The maximum Gasteiger partial charge on any atom is 0.416 e. The Labute approximate surface area is 121 Å². The van der Waals surface area contributed by atoms with E-state index in [-0.39, 0.29) is 5.82 Å². The van der Waals surface area contributed by atoms with Gasteiger partial charge in [0.25, 0.3) is 0 Å². The van der Waals surface area contributed by atoms with Gasteiger partial charge in [0.2, 0.25) is 6.93 Å². The van der Waals surface area contributed by atoms with Gasteiger partial charge in [0.15, 0.2) is 0 Å². The molecule has 0 heterocycles. The molecule has 2 rings (SSSR count). The van der Waals surface area contributed by atoms with Crippen molar-refractivity contribution in [1.29, 1.82) is 0 Å². The first-order valence-electron chi connectivity index (χ1n) is 5.59. The van der Waals surface area contributed by atoms with Gasteiger partial charge in [-0.3, -0.25) is 0 Å². The number of rotatable bonds is 2. The van der Waals surface area contributed by atoms with Crippen LogP contribution in [0.25, 0.3) is 0 Å². The Hall–Kier alpha value is -1.63. The highest BCUT2D eigenvalue weighted by Crippen LogP contribution is 2.32. The monoisotopic (exact) mass is 324 g/mol. The molecule has 7 heteroatoms. The van der Waals surface area contributed by atoms with E-state index in [2.05, 4.69) is 0 Å². The largest absolute Gasteiger partial charge is 0.416 e. The fraction of sp³-hybridized carbons (Fsp3) is 0.143. The maximum atomic E-state index is 12.7. The van der Waals surface area contributed by atoms with Crippen molar-refractivity contribution in [3.05, 3.63) is 59.9 Å². The van der Waals surface area contributed by atoms with Gasteiger partial charge >= 0.3 is 6.18 Å². The van der Waals surface area contributed by atoms with Crippen molar-refractivity contribution in [3.8, 4) is 0 Å². The van der Waals surface area contributed by atoms with Crippen LogP contribution in [0.15, 0.2) is 58.3 Å². The summed E-state index contributed by atoms with van der Waals surface area (Å²) in [7, 11) is 0. The van der Waals surface area contributed by atoms with E-state index in [0.29, 0.717) is 4.90 Å². The summed E-state index contributed by atoms with van der Waals surface area (Å²) in [6.45, 7) is -1.75. The average molecular weight is 324 g/mol. The Morgan fingerprint density at radius 2 is 1.14 bits per heavy atom. The van der Waals surface area contributed by atoms with E-state index in [1.165, 1.54) is 36.0 Å². The molecule has 114 valence electrons. The molecular weight excluding hydrogens is 314 g/mol. The molecule has 0 atom stereocenters. The van der Waals surface area contributed by atoms with E-state index in [1.54, 1.807) is 12.1 Å². The second-order valence-corrected chi connectivity index (χ2v) is 4.83. The van der Waals surface area contributed by atoms with E-state index >= 15 is 0 Å². The fourth-order valence-corrected chi connectivity index (χ4v) is 2.17. The second-order valence-electron chi connectivity index (χ2n) is 3.68. The summed E-state index contributed by atoms with van der Waals surface area (Å²) in [6.07, 6.45) is -4.32. The SMILES string of the molecule is FCF.Fc1ccc(Sc2ccc(C(F)(F)F)cc2)cc1. The Morgan fingerprint density at radius 1 is 0.762 bits per heavy atom. The molecule has 21 heavy (non-hydrogen) atoms. The van der Waals surface area contributed by atoms with Crippen molar-refractivity contribution in [1.82, 2.24) is 0 Å². The third kappa shape index (κ3) is 6.12. The first kappa shape index (κ1) is 17.4. The molecule has 2 aromatic carbocycles. The van der Waals surface area contributed by atoms with Crippen molar-refractivity contribution < 1.29 is 26.3 Å². The van der Waals surface area contributed by atoms with Gasteiger partial charge in [-0.05, 0) is 48.5 Å². The smallest absolute Gasteiger partial charge is 0.214 e.